The average molecular weight is 313 g/mol. The number of hydrogen-bond donors (Lipinski definition) is 1. The number of sulfonamides is 1. The molecule has 6 heteroatoms. The van der Waals surface area contributed by atoms with Gasteiger partial charge in [-0.1, -0.05) is 26.2 Å². The van der Waals surface area contributed by atoms with E-state index >= 15 is 0 Å². The van der Waals surface area contributed by atoms with E-state index in [2.05, 4.69) is 11.6 Å². The van der Waals surface area contributed by atoms with Gasteiger partial charge >= 0.3 is 5.97 Å². The number of carbonyl (C=O) groups is 1. The van der Waals surface area contributed by atoms with Crippen LogP contribution in [-0.2, 0) is 14.8 Å². The molecule has 0 aliphatic rings. The lowest BCUT2D eigenvalue weighted by Crippen LogP contribution is -2.24. The monoisotopic (exact) mass is 313 g/mol. The van der Waals surface area contributed by atoms with Crippen LogP contribution in [0.2, 0.25) is 0 Å². The first-order valence-corrected chi connectivity index (χ1v) is 8.76. The van der Waals surface area contributed by atoms with Crippen molar-refractivity contribution in [2.45, 2.75) is 44.4 Å². The van der Waals surface area contributed by atoms with Crippen molar-refractivity contribution in [3.8, 4) is 0 Å². The van der Waals surface area contributed by atoms with Gasteiger partial charge in [0.15, 0.2) is 0 Å². The molecule has 0 saturated carbocycles. The first-order valence-electron chi connectivity index (χ1n) is 7.28. The second-order valence-corrected chi connectivity index (χ2v) is 6.47. The second-order valence-electron chi connectivity index (χ2n) is 4.70. The Bertz CT molecular complexity index is 537. The fraction of sp³-hybridized carbons (Fsp3) is 0.533. The lowest BCUT2D eigenvalue weighted by atomic mass is 10.2. The van der Waals surface area contributed by atoms with Crippen molar-refractivity contribution in [2.24, 2.45) is 0 Å². The molecule has 0 atom stereocenters. The number of rotatable bonds is 9. The maximum absolute atomic E-state index is 12.0. The third-order valence-corrected chi connectivity index (χ3v) is 4.48. The minimum absolute atomic E-state index is 0.158. The summed E-state index contributed by atoms with van der Waals surface area (Å²) >= 11 is 0. The predicted octanol–water partition coefficient (Wildman–Crippen LogP) is 2.72. The van der Waals surface area contributed by atoms with Crippen molar-refractivity contribution in [3.05, 3.63) is 29.8 Å². The van der Waals surface area contributed by atoms with Gasteiger partial charge in [0.2, 0.25) is 10.0 Å². The quantitative estimate of drug-likeness (QED) is 0.562. The summed E-state index contributed by atoms with van der Waals surface area (Å²) in [6.07, 6.45) is 4.06. The molecule has 1 aromatic carbocycles. The van der Waals surface area contributed by atoms with Gasteiger partial charge in [0.25, 0.3) is 0 Å². The second kappa shape index (κ2) is 8.79. The van der Waals surface area contributed by atoms with Crippen LogP contribution >= 0.6 is 0 Å². The first kappa shape index (κ1) is 17.7. The Morgan fingerprint density at radius 3 is 2.33 bits per heavy atom. The third kappa shape index (κ3) is 5.85. The Hall–Kier alpha value is -1.40. The van der Waals surface area contributed by atoms with E-state index in [1.165, 1.54) is 24.3 Å². The van der Waals surface area contributed by atoms with Crippen LogP contribution in [0.1, 0.15) is 49.9 Å². The molecule has 1 aromatic rings. The van der Waals surface area contributed by atoms with Gasteiger partial charge in [-0.2, -0.15) is 0 Å². The van der Waals surface area contributed by atoms with Crippen molar-refractivity contribution < 1.29 is 17.9 Å². The van der Waals surface area contributed by atoms with Gasteiger partial charge in [0.1, 0.15) is 0 Å². The van der Waals surface area contributed by atoms with Crippen LogP contribution in [0, 0.1) is 0 Å². The molecule has 118 valence electrons. The summed E-state index contributed by atoms with van der Waals surface area (Å²) in [6, 6.07) is 5.76. The van der Waals surface area contributed by atoms with Crippen LogP contribution < -0.4 is 4.72 Å². The first-order chi connectivity index (χ1) is 10.0. The molecule has 0 heterocycles. The molecule has 0 fully saturated rings. The van der Waals surface area contributed by atoms with Crippen LogP contribution in [0.15, 0.2) is 29.2 Å². The number of hydrogen-bond acceptors (Lipinski definition) is 4. The maximum atomic E-state index is 12.0. The lowest BCUT2D eigenvalue weighted by Gasteiger charge is -2.07. The van der Waals surface area contributed by atoms with E-state index < -0.39 is 16.0 Å². The highest BCUT2D eigenvalue weighted by atomic mass is 32.2. The summed E-state index contributed by atoms with van der Waals surface area (Å²) in [7, 11) is -3.50. The zero-order valence-electron chi connectivity index (χ0n) is 12.6. The van der Waals surface area contributed by atoms with E-state index in [1.807, 2.05) is 0 Å². The number of esters is 1. The van der Waals surface area contributed by atoms with Crippen molar-refractivity contribution in [2.75, 3.05) is 13.2 Å². The Balaban J connectivity index is 2.61. The van der Waals surface area contributed by atoms with E-state index in [9.17, 15) is 13.2 Å². The van der Waals surface area contributed by atoms with E-state index in [-0.39, 0.29) is 11.5 Å². The Kier molecular flexibility index (Phi) is 7.39. The topological polar surface area (TPSA) is 72.5 Å². The largest absolute Gasteiger partial charge is 0.462 e. The predicted molar refractivity (Wildman–Crippen MR) is 81.7 cm³/mol. The zero-order valence-corrected chi connectivity index (χ0v) is 13.4. The fourth-order valence-electron chi connectivity index (χ4n) is 1.83. The maximum Gasteiger partial charge on any atom is 0.338 e. The molecule has 0 aliphatic heterocycles. The molecule has 0 aromatic heterocycles. The van der Waals surface area contributed by atoms with E-state index in [1.54, 1.807) is 6.92 Å². The smallest absolute Gasteiger partial charge is 0.338 e. The van der Waals surface area contributed by atoms with E-state index in [0.717, 1.165) is 25.7 Å². The fourth-order valence-corrected chi connectivity index (χ4v) is 2.90. The summed E-state index contributed by atoms with van der Waals surface area (Å²) in [6.45, 7) is 4.55. The number of benzene rings is 1. The van der Waals surface area contributed by atoms with Crippen LogP contribution in [0.3, 0.4) is 0 Å². The number of nitrogens with one attached hydrogen (secondary N) is 1. The molecular weight excluding hydrogens is 290 g/mol. The number of ether oxygens (including phenoxy) is 1. The zero-order chi connectivity index (χ0) is 15.7. The SMILES string of the molecule is CCCCCCNS(=O)(=O)c1ccc(C(=O)OCC)cc1. The van der Waals surface area contributed by atoms with Gasteiger partial charge in [0, 0.05) is 6.54 Å². The Labute approximate surface area is 126 Å². The summed E-state index contributed by atoms with van der Waals surface area (Å²) in [5, 5.41) is 0. The van der Waals surface area contributed by atoms with Crippen molar-refractivity contribution in [3.63, 3.8) is 0 Å². The highest BCUT2D eigenvalue weighted by Crippen LogP contribution is 2.11. The molecule has 0 radical (unpaired) electrons. The summed E-state index contributed by atoms with van der Waals surface area (Å²) in [5.74, 6) is -0.450. The van der Waals surface area contributed by atoms with Crippen LogP contribution in [0.4, 0.5) is 0 Å². The molecular formula is C15H23NO4S. The average Bonchev–Trinajstić information content (AvgIpc) is 2.47. The summed E-state index contributed by atoms with van der Waals surface area (Å²) < 4.78 is 31.5. The van der Waals surface area contributed by atoms with Crippen molar-refractivity contribution in [1.29, 1.82) is 0 Å². The minimum Gasteiger partial charge on any atom is -0.462 e. The molecule has 5 nitrogen and oxygen atoms in total. The minimum atomic E-state index is -3.50. The molecule has 21 heavy (non-hydrogen) atoms. The Morgan fingerprint density at radius 2 is 1.76 bits per heavy atom. The molecule has 0 spiro atoms. The molecule has 0 unspecified atom stereocenters. The van der Waals surface area contributed by atoms with Crippen LogP contribution in [-0.4, -0.2) is 27.5 Å². The van der Waals surface area contributed by atoms with Crippen molar-refractivity contribution >= 4 is 16.0 Å². The molecule has 0 aliphatic carbocycles. The lowest BCUT2D eigenvalue weighted by molar-refractivity contribution is 0.0526. The number of unbranched alkanes of at least 4 members (excludes halogenated alkanes) is 3. The molecule has 0 saturated heterocycles. The molecule has 1 rings (SSSR count). The van der Waals surface area contributed by atoms with Gasteiger partial charge in [-0.05, 0) is 37.6 Å². The standard InChI is InChI=1S/C15H23NO4S/c1-3-5-6-7-12-16-21(18,19)14-10-8-13(9-11-14)15(17)20-4-2/h8-11,16H,3-7,12H2,1-2H3. The van der Waals surface area contributed by atoms with Gasteiger partial charge in [-0.25, -0.2) is 17.9 Å². The van der Waals surface area contributed by atoms with Gasteiger partial charge in [-0.3, -0.25) is 0 Å². The highest BCUT2D eigenvalue weighted by molar-refractivity contribution is 7.89. The molecule has 1 N–H and O–H groups in total. The van der Waals surface area contributed by atoms with E-state index in [0.29, 0.717) is 12.1 Å². The Morgan fingerprint density at radius 1 is 1.10 bits per heavy atom. The molecule has 0 bridgehead atoms. The van der Waals surface area contributed by atoms with Gasteiger partial charge in [0.05, 0.1) is 17.1 Å². The normalized spacial score (nSPS) is 11.3. The number of carbonyl (C=O) groups excluding carboxylic acids is 1. The molecule has 0 amide bonds. The highest BCUT2D eigenvalue weighted by Gasteiger charge is 2.14. The van der Waals surface area contributed by atoms with Gasteiger partial charge < -0.3 is 4.74 Å². The van der Waals surface area contributed by atoms with Crippen molar-refractivity contribution in [1.82, 2.24) is 4.72 Å². The van der Waals surface area contributed by atoms with Gasteiger partial charge in [-0.15, -0.1) is 0 Å². The summed E-state index contributed by atoms with van der Waals surface area (Å²) in [4.78, 5) is 11.6. The third-order valence-electron chi connectivity index (χ3n) is 3.00. The van der Waals surface area contributed by atoms with E-state index in [4.69, 9.17) is 4.74 Å². The van der Waals surface area contributed by atoms with Crippen LogP contribution in [0.25, 0.3) is 0 Å². The van der Waals surface area contributed by atoms with Crippen LogP contribution in [0.5, 0.6) is 0 Å². The summed E-state index contributed by atoms with van der Waals surface area (Å²) in [5.41, 5.74) is 0.346.